The van der Waals surface area contributed by atoms with E-state index in [1.54, 1.807) is 0 Å². The van der Waals surface area contributed by atoms with Crippen molar-refractivity contribution in [2.45, 2.75) is 148 Å². The molecule has 5 heteroatoms. The van der Waals surface area contributed by atoms with Crippen LogP contribution in [-0.4, -0.2) is 36.4 Å². The average molecular weight is 665 g/mol. The fourth-order valence-electron chi connectivity index (χ4n) is 4.42. The number of carbonyl (C=O) groups is 2. The van der Waals surface area contributed by atoms with E-state index >= 15 is 0 Å². The Morgan fingerprint density at radius 2 is 0.708 bits per heavy atom. The first-order valence-electron chi connectivity index (χ1n) is 18.8. The summed E-state index contributed by atoms with van der Waals surface area (Å²) in [6.07, 6.45) is 53.2. The molecule has 0 aromatic carbocycles. The second-order valence-corrected chi connectivity index (χ2v) is 12.0. The first-order chi connectivity index (χ1) is 23.6. The Morgan fingerprint density at radius 1 is 0.438 bits per heavy atom. The van der Waals surface area contributed by atoms with Crippen LogP contribution in [-0.2, 0) is 19.1 Å². The van der Waals surface area contributed by atoms with Gasteiger partial charge in [0.2, 0.25) is 0 Å². The molecule has 5 nitrogen and oxygen atoms in total. The lowest BCUT2D eigenvalue weighted by Crippen LogP contribution is -2.25. The molecule has 1 N–H and O–H groups in total. The molecule has 0 saturated carbocycles. The number of unbranched alkanes of at least 4 members (excludes halogenated alkanes) is 8. The summed E-state index contributed by atoms with van der Waals surface area (Å²) in [6, 6.07) is 0. The van der Waals surface area contributed by atoms with Crippen molar-refractivity contribution < 1.29 is 24.2 Å². The highest BCUT2D eigenvalue weighted by Gasteiger charge is 2.11. The highest BCUT2D eigenvalue weighted by Crippen LogP contribution is 2.05. The van der Waals surface area contributed by atoms with E-state index in [2.05, 4.69) is 111 Å². The lowest BCUT2D eigenvalue weighted by Gasteiger charge is -2.11. The average Bonchev–Trinajstić information content (AvgIpc) is 3.09. The largest absolute Gasteiger partial charge is 0.463 e. The third kappa shape index (κ3) is 37.3. The maximum Gasteiger partial charge on any atom is 0.305 e. The molecule has 0 rings (SSSR count). The van der Waals surface area contributed by atoms with E-state index in [1.165, 1.54) is 51.4 Å². The molecule has 0 aromatic rings. The number of hydrogen-bond acceptors (Lipinski definition) is 5. The Morgan fingerprint density at radius 3 is 1.00 bits per heavy atom. The predicted molar refractivity (Wildman–Crippen MR) is 205 cm³/mol. The molecule has 0 aliphatic rings. The fourth-order valence-corrected chi connectivity index (χ4v) is 4.42. The monoisotopic (exact) mass is 665 g/mol. The van der Waals surface area contributed by atoms with Crippen LogP contribution >= 0.6 is 0 Å². The molecule has 0 bridgehead atoms. The standard InChI is InChI=1S/C43H68O5/c1-3-5-7-9-11-13-15-17-19-21-23-25-27-29-31-33-35-37-42(45)47-39-41(44)40-48-43(46)38-36-34-32-30-28-26-24-22-20-18-16-14-12-10-8-6-4-2/h11-14,17-20,23-26,29-32,41,44H,3-10,15-16,21-22,27-28,33-40H2,1-2H3/b13-11-,14-12-,19-17-,20-18-,25-23-,26-24-,31-29-,32-30-. The Kier molecular flexibility index (Phi) is 35.7. The number of aliphatic hydroxyl groups is 1. The summed E-state index contributed by atoms with van der Waals surface area (Å²) in [5.74, 6) is -0.703. The van der Waals surface area contributed by atoms with E-state index in [0.29, 0.717) is 25.7 Å². The van der Waals surface area contributed by atoms with Crippen LogP contribution in [0, 0.1) is 0 Å². The molecule has 0 amide bonds. The van der Waals surface area contributed by atoms with Gasteiger partial charge >= 0.3 is 11.9 Å². The van der Waals surface area contributed by atoms with E-state index in [1.807, 2.05) is 0 Å². The topological polar surface area (TPSA) is 72.8 Å². The van der Waals surface area contributed by atoms with Crippen molar-refractivity contribution in [2.24, 2.45) is 0 Å². The van der Waals surface area contributed by atoms with Gasteiger partial charge in [-0.3, -0.25) is 9.59 Å². The summed E-state index contributed by atoms with van der Waals surface area (Å²) < 4.78 is 10.2. The Balaban J connectivity index is 3.68. The highest BCUT2D eigenvalue weighted by molar-refractivity contribution is 5.69. The normalized spacial score (nSPS) is 12.8. The summed E-state index contributed by atoms with van der Waals surface area (Å²) in [7, 11) is 0. The minimum absolute atomic E-state index is 0.168. The predicted octanol–water partition coefficient (Wildman–Crippen LogP) is 11.7. The first-order valence-corrected chi connectivity index (χ1v) is 18.8. The van der Waals surface area contributed by atoms with Crippen molar-refractivity contribution in [3.8, 4) is 0 Å². The van der Waals surface area contributed by atoms with Gasteiger partial charge in [0.15, 0.2) is 0 Å². The van der Waals surface area contributed by atoms with Crippen molar-refractivity contribution in [1.29, 1.82) is 0 Å². The van der Waals surface area contributed by atoms with Crippen LogP contribution in [0.1, 0.15) is 142 Å². The number of esters is 2. The molecule has 0 atom stereocenters. The Labute approximate surface area is 294 Å². The van der Waals surface area contributed by atoms with Gasteiger partial charge in [0.25, 0.3) is 0 Å². The molecular weight excluding hydrogens is 596 g/mol. The molecular formula is C43H68O5. The lowest BCUT2D eigenvalue weighted by molar-refractivity contribution is -0.152. The highest BCUT2D eigenvalue weighted by atomic mass is 16.6. The SMILES string of the molecule is CCCCC/C=C\C/C=C\C/C=C\C/C=C\CCCC(=O)OCC(O)COC(=O)CCC/C=C\C/C=C\C/C=C\C/C=C\CCCCC. The summed E-state index contributed by atoms with van der Waals surface area (Å²) in [4.78, 5) is 23.9. The van der Waals surface area contributed by atoms with Gasteiger partial charge in [-0.15, -0.1) is 0 Å². The number of allylic oxidation sites excluding steroid dienone is 16. The first kappa shape index (κ1) is 44.8. The number of aliphatic hydroxyl groups excluding tert-OH is 1. The van der Waals surface area contributed by atoms with Crippen LogP contribution in [0.2, 0.25) is 0 Å². The molecule has 0 aromatic heterocycles. The lowest BCUT2D eigenvalue weighted by atomic mass is 10.2. The molecule has 0 unspecified atom stereocenters. The van der Waals surface area contributed by atoms with Gasteiger partial charge in [-0.05, 0) is 89.9 Å². The minimum Gasteiger partial charge on any atom is -0.463 e. The summed E-state index contributed by atoms with van der Waals surface area (Å²) in [5, 5.41) is 9.98. The zero-order valence-corrected chi connectivity index (χ0v) is 30.5. The summed E-state index contributed by atoms with van der Waals surface area (Å²) >= 11 is 0. The quantitative estimate of drug-likeness (QED) is 0.0440. The minimum atomic E-state index is -1.01. The molecule has 0 spiro atoms. The van der Waals surface area contributed by atoms with Crippen LogP contribution in [0.25, 0.3) is 0 Å². The van der Waals surface area contributed by atoms with Gasteiger partial charge in [0.1, 0.15) is 19.3 Å². The zero-order chi connectivity index (χ0) is 35.0. The van der Waals surface area contributed by atoms with E-state index < -0.39 is 6.10 Å². The van der Waals surface area contributed by atoms with Crippen molar-refractivity contribution in [3.63, 3.8) is 0 Å². The van der Waals surface area contributed by atoms with Crippen molar-refractivity contribution in [3.05, 3.63) is 97.2 Å². The summed E-state index contributed by atoms with van der Waals surface area (Å²) in [6.45, 7) is 4.12. The van der Waals surface area contributed by atoms with Gasteiger partial charge in [-0.25, -0.2) is 0 Å². The molecule has 270 valence electrons. The van der Waals surface area contributed by atoms with E-state index in [4.69, 9.17) is 9.47 Å². The van der Waals surface area contributed by atoms with Crippen LogP contribution in [0.3, 0.4) is 0 Å². The number of carbonyl (C=O) groups excluding carboxylic acids is 2. The molecule has 0 aliphatic carbocycles. The number of ether oxygens (including phenoxy) is 2. The van der Waals surface area contributed by atoms with E-state index in [0.717, 1.165) is 51.4 Å². The third-order valence-electron chi connectivity index (χ3n) is 7.29. The van der Waals surface area contributed by atoms with Crippen LogP contribution < -0.4 is 0 Å². The molecule has 0 fully saturated rings. The van der Waals surface area contributed by atoms with Gasteiger partial charge in [-0.1, -0.05) is 137 Å². The fraction of sp³-hybridized carbons (Fsp3) is 0.581. The van der Waals surface area contributed by atoms with Crippen LogP contribution in [0.15, 0.2) is 97.2 Å². The van der Waals surface area contributed by atoms with Gasteiger partial charge in [0.05, 0.1) is 0 Å². The van der Waals surface area contributed by atoms with Gasteiger partial charge in [0, 0.05) is 12.8 Å². The van der Waals surface area contributed by atoms with Crippen molar-refractivity contribution in [1.82, 2.24) is 0 Å². The van der Waals surface area contributed by atoms with Crippen molar-refractivity contribution in [2.75, 3.05) is 13.2 Å². The Hall–Kier alpha value is -3.18. The maximum absolute atomic E-state index is 11.9. The van der Waals surface area contributed by atoms with E-state index in [-0.39, 0.29) is 25.2 Å². The van der Waals surface area contributed by atoms with E-state index in [9.17, 15) is 14.7 Å². The van der Waals surface area contributed by atoms with Gasteiger partial charge in [-0.2, -0.15) is 0 Å². The Bertz CT molecular complexity index is 901. The van der Waals surface area contributed by atoms with Gasteiger partial charge < -0.3 is 14.6 Å². The molecule has 48 heavy (non-hydrogen) atoms. The molecule has 0 heterocycles. The second-order valence-electron chi connectivity index (χ2n) is 12.0. The van der Waals surface area contributed by atoms with Crippen LogP contribution in [0.5, 0.6) is 0 Å². The molecule has 0 aliphatic heterocycles. The third-order valence-corrected chi connectivity index (χ3v) is 7.29. The van der Waals surface area contributed by atoms with Crippen molar-refractivity contribution >= 4 is 11.9 Å². The second kappa shape index (κ2) is 38.3. The molecule has 0 radical (unpaired) electrons. The van der Waals surface area contributed by atoms with Crippen LogP contribution in [0.4, 0.5) is 0 Å². The number of hydrogen-bond donors (Lipinski definition) is 1. The smallest absolute Gasteiger partial charge is 0.305 e. The number of rotatable bonds is 32. The zero-order valence-electron chi connectivity index (χ0n) is 30.5. The summed E-state index contributed by atoms with van der Waals surface area (Å²) in [5.41, 5.74) is 0. The molecule has 0 saturated heterocycles. The maximum atomic E-state index is 11.9.